The normalized spacial score (nSPS) is 15.8. The highest BCUT2D eigenvalue weighted by Crippen LogP contribution is 2.35. The smallest absolute Gasteiger partial charge is 0.315 e. The topological polar surface area (TPSA) is 110 Å². The van der Waals surface area contributed by atoms with E-state index in [-0.39, 0.29) is 25.2 Å². The lowest BCUT2D eigenvalue weighted by Gasteiger charge is -2.12. The average Bonchev–Trinajstić information content (AvgIpc) is 3.19. The molecule has 0 unspecified atom stereocenters. The van der Waals surface area contributed by atoms with E-state index in [0.29, 0.717) is 30.5 Å². The van der Waals surface area contributed by atoms with Crippen molar-refractivity contribution in [2.75, 3.05) is 19.8 Å². The van der Waals surface area contributed by atoms with Gasteiger partial charge < -0.3 is 25.0 Å². The molecule has 1 aromatic carbocycles. The molecular weight excluding hydrogens is 300 g/mol. The fourth-order valence-corrected chi connectivity index (χ4v) is 2.36. The summed E-state index contributed by atoms with van der Waals surface area (Å²) in [7, 11) is 0. The minimum atomic E-state index is -0.338. The van der Waals surface area contributed by atoms with Crippen LogP contribution in [-0.4, -0.2) is 41.0 Å². The Bertz CT molecular complexity index is 701. The molecule has 3 rings (SSSR count). The first-order valence-electron chi connectivity index (χ1n) is 7.46. The first kappa shape index (κ1) is 15.3. The maximum atomic E-state index is 11.7. The lowest BCUT2D eigenvalue weighted by atomic mass is 10.1. The molecule has 0 saturated carbocycles. The van der Waals surface area contributed by atoms with Crippen LogP contribution in [0.4, 0.5) is 4.79 Å². The number of aliphatic hydroxyl groups excluding tert-OH is 1. The number of amides is 2. The van der Waals surface area contributed by atoms with Gasteiger partial charge >= 0.3 is 6.03 Å². The zero-order valence-electron chi connectivity index (χ0n) is 12.7. The number of nitrogens with one attached hydrogen (secondary N) is 2. The molecule has 8 heteroatoms. The van der Waals surface area contributed by atoms with E-state index in [1.54, 1.807) is 0 Å². The Kier molecular flexibility index (Phi) is 4.42. The minimum absolute atomic E-state index is 0.0982. The number of aromatic nitrogens is 2. The summed E-state index contributed by atoms with van der Waals surface area (Å²) >= 11 is 0. The van der Waals surface area contributed by atoms with Gasteiger partial charge in [-0.05, 0) is 6.07 Å². The Balaban J connectivity index is 1.73. The van der Waals surface area contributed by atoms with Crippen LogP contribution in [0.25, 0.3) is 11.4 Å². The van der Waals surface area contributed by atoms with Gasteiger partial charge in [0, 0.05) is 24.1 Å². The molecule has 1 aliphatic heterocycles. The summed E-state index contributed by atoms with van der Waals surface area (Å²) in [6, 6.07) is 5.03. The molecule has 1 aliphatic rings. The van der Waals surface area contributed by atoms with Crippen molar-refractivity contribution in [3.05, 3.63) is 29.7 Å². The Morgan fingerprint density at radius 1 is 1.48 bits per heavy atom. The van der Waals surface area contributed by atoms with Gasteiger partial charge in [-0.3, -0.25) is 0 Å². The van der Waals surface area contributed by atoms with Crippen molar-refractivity contribution >= 4 is 6.03 Å². The van der Waals surface area contributed by atoms with Gasteiger partial charge in [0.25, 0.3) is 0 Å². The molecule has 3 N–H and O–H groups in total. The fraction of sp³-hybridized carbons (Fsp3) is 0.400. The van der Waals surface area contributed by atoms with Crippen LogP contribution >= 0.6 is 0 Å². The van der Waals surface area contributed by atoms with Gasteiger partial charge in [-0.15, -0.1) is 0 Å². The molecular formula is C15H18N4O4. The highest BCUT2D eigenvalue weighted by atomic mass is 16.5. The zero-order chi connectivity index (χ0) is 16.2. The van der Waals surface area contributed by atoms with Crippen LogP contribution in [-0.2, 0) is 6.42 Å². The number of fused-ring (bicyclic) bond motifs is 1. The summed E-state index contributed by atoms with van der Waals surface area (Å²) in [5, 5.41) is 18.0. The maximum Gasteiger partial charge on any atom is 0.315 e. The minimum Gasteiger partial charge on any atom is -0.491 e. The average molecular weight is 318 g/mol. The van der Waals surface area contributed by atoms with E-state index in [9.17, 15) is 4.79 Å². The molecule has 0 radical (unpaired) electrons. The Hall–Kier alpha value is -2.61. The summed E-state index contributed by atoms with van der Waals surface area (Å²) in [6.07, 6.45) is 0.684. The molecule has 2 heterocycles. The van der Waals surface area contributed by atoms with Crippen molar-refractivity contribution in [3.63, 3.8) is 0 Å². The molecule has 0 aliphatic carbocycles. The number of carbonyl (C=O) groups excluding carboxylic acids is 1. The predicted octanol–water partition coefficient (Wildman–Crippen LogP) is 1.02. The molecule has 0 bridgehead atoms. The van der Waals surface area contributed by atoms with Crippen molar-refractivity contribution in [1.82, 2.24) is 20.8 Å². The number of urea groups is 1. The molecule has 1 aromatic heterocycles. The third kappa shape index (κ3) is 3.26. The summed E-state index contributed by atoms with van der Waals surface area (Å²) < 4.78 is 10.7. The van der Waals surface area contributed by atoms with E-state index in [4.69, 9.17) is 14.4 Å². The number of benzene rings is 1. The van der Waals surface area contributed by atoms with E-state index in [2.05, 4.69) is 20.8 Å². The van der Waals surface area contributed by atoms with Gasteiger partial charge in [0.05, 0.1) is 12.6 Å². The van der Waals surface area contributed by atoms with Gasteiger partial charge in [0.2, 0.25) is 11.7 Å². The Morgan fingerprint density at radius 3 is 3.09 bits per heavy atom. The number of aryl methyl sites for hydroxylation is 1. The molecule has 2 aromatic rings. The van der Waals surface area contributed by atoms with E-state index in [1.807, 2.05) is 25.1 Å². The number of hydrogen-bond acceptors (Lipinski definition) is 6. The van der Waals surface area contributed by atoms with Crippen LogP contribution in [0.2, 0.25) is 0 Å². The number of aliphatic hydroxyl groups is 1. The third-order valence-electron chi connectivity index (χ3n) is 3.53. The van der Waals surface area contributed by atoms with Gasteiger partial charge in [0.1, 0.15) is 12.4 Å². The third-order valence-corrected chi connectivity index (χ3v) is 3.53. The summed E-state index contributed by atoms with van der Waals surface area (Å²) in [4.78, 5) is 16.0. The van der Waals surface area contributed by atoms with Gasteiger partial charge in [0.15, 0.2) is 0 Å². The second-order valence-electron chi connectivity index (χ2n) is 5.11. The molecule has 0 saturated heterocycles. The predicted molar refractivity (Wildman–Crippen MR) is 81.0 cm³/mol. The zero-order valence-corrected chi connectivity index (χ0v) is 12.7. The van der Waals surface area contributed by atoms with Crippen LogP contribution < -0.4 is 15.4 Å². The van der Waals surface area contributed by atoms with Crippen molar-refractivity contribution in [1.29, 1.82) is 0 Å². The number of carbonyl (C=O) groups is 1. The van der Waals surface area contributed by atoms with Gasteiger partial charge in [-0.1, -0.05) is 24.2 Å². The van der Waals surface area contributed by atoms with Crippen molar-refractivity contribution in [3.8, 4) is 17.1 Å². The van der Waals surface area contributed by atoms with Crippen LogP contribution in [0.3, 0.4) is 0 Å². The Morgan fingerprint density at radius 2 is 2.35 bits per heavy atom. The van der Waals surface area contributed by atoms with Crippen LogP contribution in [0.5, 0.6) is 5.75 Å². The van der Waals surface area contributed by atoms with Crippen molar-refractivity contribution < 1.29 is 19.2 Å². The number of nitrogens with zero attached hydrogens (tertiary/aromatic N) is 2. The lowest BCUT2D eigenvalue weighted by Crippen LogP contribution is -2.39. The van der Waals surface area contributed by atoms with E-state index in [0.717, 1.165) is 11.1 Å². The molecule has 8 nitrogen and oxygen atoms in total. The summed E-state index contributed by atoms with van der Waals surface area (Å²) in [6.45, 7) is 2.42. The van der Waals surface area contributed by atoms with E-state index < -0.39 is 0 Å². The molecule has 0 spiro atoms. The first-order chi connectivity index (χ1) is 11.2. The number of ether oxygens (including phenoxy) is 1. The highest BCUT2D eigenvalue weighted by molar-refractivity contribution is 5.75. The van der Waals surface area contributed by atoms with E-state index in [1.165, 1.54) is 0 Å². The molecule has 122 valence electrons. The largest absolute Gasteiger partial charge is 0.491 e. The molecule has 0 fully saturated rings. The van der Waals surface area contributed by atoms with Gasteiger partial charge in [-0.25, -0.2) is 4.79 Å². The second-order valence-corrected chi connectivity index (χ2v) is 5.11. The highest BCUT2D eigenvalue weighted by Gasteiger charge is 2.26. The van der Waals surface area contributed by atoms with Crippen molar-refractivity contribution in [2.45, 2.75) is 19.4 Å². The fourth-order valence-electron chi connectivity index (χ4n) is 2.36. The quantitative estimate of drug-likeness (QED) is 0.759. The standard InChI is InChI=1S/C15H18N4O4/c1-2-13-18-14(19-23-13)9-3-4-10-11(8-22-12(10)7-9)17-15(21)16-5-6-20/h3-4,7,11,20H,2,5-6,8H2,1H3,(H2,16,17,21)/t11-/m1/s1. The summed E-state index contributed by atoms with van der Waals surface area (Å²) in [5.74, 6) is 1.80. The first-order valence-corrected chi connectivity index (χ1v) is 7.46. The summed E-state index contributed by atoms with van der Waals surface area (Å²) in [5.41, 5.74) is 1.70. The lowest BCUT2D eigenvalue weighted by molar-refractivity contribution is 0.226. The van der Waals surface area contributed by atoms with Gasteiger partial charge in [-0.2, -0.15) is 4.98 Å². The maximum absolute atomic E-state index is 11.7. The SMILES string of the molecule is CCc1nc(-c2ccc3c(c2)OC[C@H]3NC(=O)NCCO)no1. The Labute approximate surface area is 132 Å². The number of rotatable bonds is 5. The van der Waals surface area contributed by atoms with Crippen molar-refractivity contribution in [2.24, 2.45) is 0 Å². The molecule has 2 amide bonds. The van der Waals surface area contributed by atoms with Crippen LogP contribution in [0.15, 0.2) is 22.7 Å². The molecule has 23 heavy (non-hydrogen) atoms. The second kappa shape index (κ2) is 6.66. The van der Waals surface area contributed by atoms with E-state index >= 15 is 0 Å². The van der Waals surface area contributed by atoms with Crippen LogP contribution in [0.1, 0.15) is 24.4 Å². The number of hydrogen-bond donors (Lipinski definition) is 3. The van der Waals surface area contributed by atoms with Crippen LogP contribution in [0, 0.1) is 0 Å². The molecule has 1 atom stereocenters. The monoisotopic (exact) mass is 318 g/mol.